The number of nitrogens with one attached hydrogen (secondary N) is 1. The van der Waals surface area contributed by atoms with E-state index in [1.807, 2.05) is 12.1 Å². The third-order valence-electron chi connectivity index (χ3n) is 4.99. The van der Waals surface area contributed by atoms with Crippen molar-refractivity contribution in [1.82, 2.24) is 10.3 Å². The Labute approximate surface area is 131 Å². The van der Waals surface area contributed by atoms with Crippen molar-refractivity contribution in [2.24, 2.45) is 5.92 Å². The molecule has 2 aliphatic carbocycles. The van der Waals surface area contributed by atoms with Crippen molar-refractivity contribution >= 4 is 11.7 Å². The second-order valence-electron chi connectivity index (χ2n) is 6.56. The highest BCUT2D eigenvalue weighted by molar-refractivity contribution is 6.00. The van der Waals surface area contributed by atoms with E-state index in [4.69, 9.17) is 0 Å². The molecule has 1 heterocycles. The maximum absolute atomic E-state index is 12.5. The molecule has 1 atom stereocenters. The third kappa shape index (κ3) is 3.37. The number of aromatic nitrogens is 1. The number of carbonyl (C=O) groups excluding carboxylic acids is 2. The maximum Gasteiger partial charge on any atom is 0.227 e. The largest absolute Gasteiger partial charge is 0.355 e. The number of carbonyl (C=O) groups is 2. The number of Topliss-reactive ketones (excluding diaryl/α,β-unsaturated/α-hetero) is 1. The van der Waals surface area contributed by atoms with Gasteiger partial charge in [-0.1, -0.05) is 31.7 Å². The lowest BCUT2D eigenvalue weighted by atomic mass is 9.84. The fraction of sp³-hybridized carbons (Fsp3) is 0.611. The number of hydrogen-bond donors (Lipinski definition) is 1. The molecule has 118 valence electrons. The van der Waals surface area contributed by atoms with E-state index < -0.39 is 0 Å². The number of amides is 1. The smallest absolute Gasteiger partial charge is 0.227 e. The van der Waals surface area contributed by atoms with Gasteiger partial charge in [-0.05, 0) is 36.8 Å². The van der Waals surface area contributed by atoms with Gasteiger partial charge in [-0.2, -0.15) is 0 Å². The Morgan fingerprint density at radius 3 is 2.73 bits per heavy atom. The summed E-state index contributed by atoms with van der Waals surface area (Å²) in [5.74, 6) is 0.520. The number of nitrogens with zero attached hydrogens (tertiary/aromatic N) is 1. The minimum absolute atomic E-state index is 0.0587. The lowest BCUT2D eigenvalue weighted by Gasteiger charge is -2.24. The lowest BCUT2D eigenvalue weighted by molar-refractivity contribution is -0.123. The van der Waals surface area contributed by atoms with Crippen LogP contribution in [-0.4, -0.2) is 23.2 Å². The van der Waals surface area contributed by atoms with Crippen LogP contribution in [0.1, 0.15) is 73.3 Å². The van der Waals surface area contributed by atoms with Crippen LogP contribution in [0.4, 0.5) is 0 Å². The highest BCUT2D eigenvalue weighted by Gasteiger charge is 2.31. The highest BCUT2D eigenvalue weighted by Crippen LogP contribution is 2.30. The van der Waals surface area contributed by atoms with E-state index in [2.05, 4.69) is 10.3 Å². The molecule has 1 fully saturated rings. The van der Waals surface area contributed by atoms with Gasteiger partial charge in [0.2, 0.25) is 5.91 Å². The second-order valence-corrected chi connectivity index (χ2v) is 6.56. The van der Waals surface area contributed by atoms with Crippen LogP contribution in [0.3, 0.4) is 0 Å². The van der Waals surface area contributed by atoms with Gasteiger partial charge in [-0.15, -0.1) is 0 Å². The molecule has 0 aliphatic heterocycles. The third-order valence-corrected chi connectivity index (χ3v) is 4.99. The van der Waals surface area contributed by atoms with Crippen molar-refractivity contribution in [3.05, 3.63) is 29.6 Å². The van der Waals surface area contributed by atoms with Gasteiger partial charge in [-0.25, -0.2) is 0 Å². The minimum Gasteiger partial charge on any atom is -0.355 e. The van der Waals surface area contributed by atoms with Crippen molar-refractivity contribution in [3.63, 3.8) is 0 Å². The van der Waals surface area contributed by atoms with E-state index in [9.17, 15) is 9.59 Å². The van der Waals surface area contributed by atoms with Gasteiger partial charge in [0, 0.05) is 19.2 Å². The molecule has 0 bridgehead atoms. The fourth-order valence-electron chi connectivity index (χ4n) is 3.69. The number of rotatable bonds is 3. The Kier molecular flexibility index (Phi) is 4.86. The molecule has 1 amide bonds. The Hall–Kier alpha value is -1.71. The summed E-state index contributed by atoms with van der Waals surface area (Å²) in [5, 5.41) is 3.13. The zero-order valence-corrected chi connectivity index (χ0v) is 13.0. The van der Waals surface area contributed by atoms with Crippen LogP contribution in [0.2, 0.25) is 0 Å². The summed E-state index contributed by atoms with van der Waals surface area (Å²) in [4.78, 5) is 28.6. The molecule has 22 heavy (non-hydrogen) atoms. The monoisotopic (exact) mass is 300 g/mol. The van der Waals surface area contributed by atoms with Gasteiger partial charge >= 0.3 is 0 Å². The Morgan fingerprint density at radius 2 is 1.95 bits per heavy atom. The second kappa shape index (κ2) is 7.03. The van der Waals surface area contributed by atoms with Gasteiger partial charge < -0.3 is 5.32 Å². The van der Waals surface area contributed by atoms with E-state index in [-0.39, 0.29) is 17.6 Å². The van der Waals surface area contributed by atoms with Crippen molar-refractivity contribution < 1.29 is 9.59 Å². The maximum atomic E-state index is 12.5. The Bertz CT molecular complexity index is 548. The molecular weight excluding hydrogens is 276 g/mol. The summed E-state index contributed by atoms with van der Waals surface area (Å²) in [6.07, 6.45) is 10.3. The molecule has 3 rings (SSSR count). The summed E-state index contributed by atoms with van der Waals surface area (Å²) in [6.45, 7) is 0.777. The molecule has 4 nitrogen and oxygen atoms in total. The molecule has 1 aromatic heterocycles. The number of fused-ring (bicyclic) bond motifs is 1. The van der Waals surface area contributed by atoms with Crippen molar-refractivity contribution in [1.29, 1.82) is 0 Å². The van der Waals surface area contributed by atoms with E-state index in [1.165, 1.54) is 38.5 Å². The van der Waals surface area contributed by atoms with Crippen molar-refractivity contribution in [2.45, 2.75) is 57.3 Å². The predicted octanol–water partition coefficient (Wildman–Crippen LogP) is 3.23. The molecule has 0 aromatic carbocycles. The first-order chi connectivity index (χ1) is 10.8. The Morgan fingerprint density at radius 1 is 1.18 bits per heavy atom. The van der Waals surface area contributed by atoms with Gasteiger partial charge in [0.1, 0.15) is 5.69 Å². The molecule has 1 aromatic rings. The molecule has 0 spiro atoms. The van der Waals surface area contributed by atoms with Gasteiger partial charge in [-0.3, -0.25) is 14.6 Å². The van der Waals surface area contributed by atoms with Crippen LogP contribution < -0.4 is 5.32 Å². The standard InChI is InChI=1S/C18H24N2O2/c21-16-10-9-15(14-8-5-11-19-17(14)16)18(22)20-12-13-6-3-1-2-4-7-13/h5,8,11,13,15H,1-4,6-7,9-10,12H2,(H,20,22). The van der Waals surface area contributed by atoms with Crippen LogP contribution in [0.5, 0.6) is 0 Å². The van der Waals surface area contributed by atoms with Crippen LogP contribution in [0, 0.1) is 5.92 Å². The number of hydrogen-bond acceptors (Lipinski definition) is 3. The van der Waals surface area contributed by atoms with E-state index >= 15 is 0 Å². The first-order valence-electron chi connectivity index (χ1n) is 8.51. The molecule has 1 saturated carbocycles. The van der Waals surface area contributed by atoms with Crippen molar-refractivity contribution in [2.75, 3.05) is 6.54 Å². The SMILES string of the molecule is O=C1CCC(C(=O)NCC2CCCCCC2)c2cccnc21. The fourth-order valence-corrected chi connectivity index (χ4v) is 3.69. The molecule has 0 radical (unpaired) electrons. The number of ketones is 1. The zero-order chi connectivity index (χ0) is 15.4. The average Bonchev–Trinajstić information content (AvgIpc) is 2.82. The van der Waals surface area contributed by atoms with Crippen LogP contribution in [0.15, 0.2) is 18.3 Å². The zero-order valence-electron chi connectivity index (χ0n) is 13.0. The predicted molar refractivity (Wildman–Crippen MR) is 84.7 cm³/mol. The van der Waals surface area contributed by atoms with E-state index in [1.54, 1.807) is 6.20 Å². The van der Waals surface area contributed by atoms with Crippen LogP contribution >= 0.6 is 0 Å². The van der Waals surface area contributed by atoms with Gasteiger partial charge in [0.15, 0.2) is 5.78 Å². The summed E-state index contributed by atoms with van der Waals surface area (Å²) in [7, 11) is 0. The lowest BCUT2D eigenvalue weighted by Crippen LogP contribution is -2.35. The normalized spacial score (nSPS) is 22.7. The summed E-state index contributed by atoms with van der Waals surface area (Å²) < 4.78 is 0. The summed E-state index contributed by atoms with van der Waals surface area (Å²) in [6, 6.07) is 3.68. The van der Waals surface area contributed by atoms with E-state index in [0.29, 0.717) is 24.5 Å². The first kappa shape index (κ1) is 15.2. The average molecular weight is 300 g/mol. The summed E-state index contributed by atoms with van der Waals surface area (Å²) >= 11 is 0. The Balaban J connectivity index is 1.63. The van der Waals surface area contributed by atoms with Crippen LogP contribution in [-0.2, 0) is 4.79 Å². The number of pyridine rings is 1. The highest BCUT2D eigenvalue weighted by atomic mass is 16.2. The molecule has 0 saturated heterocycles. The summed E-state index contributed by atoms with van der Waals surface area (Å²) in [5.41, 5.74) is 1.29. The van der Waals surface area contributed by atoms with E-state index in [0.717, 1.165) is 12.1 Å². The molecule has 1 unspecified atom stereocenters. The molecule has 2 aliphatic rings. The quantitative estimate of drug-likeness (QED) is 0.872. The van der Waals surface area contributed by atoms with Crippen molar-refractivity contribution in [3.8, 4) is 0 Å². The van der Waals surface area contributed by atoms with Gasteiger partial charge in [0.25, 0.3) is 0 Å². The first-order valence-corrected chi connectivity index (χ1v) is 8.51. The molecule has 4 heteroatoms. The van der Waals surface area contributed by atoms with Crippen LogP contribution in [0.25, 0.3) is 0 Å². The van der Waals surface area contributed by atoms with Gasteiger partial charge in [0.05, 0.1) is 5.92 Å². The molecule has 1 N–H and O–H groups in total. The minimum atomic E-state index is -0.216. The molecular formula is C18H24N2O2. The topological polar surface area (TPSA) is 59.1 Å².